The second kappa shape index (κ2) is 4.92. The van der Waals surface area contributed by atoms with Crippen LogP contribution >= 0.6 is 0 Å². The van der Waals surface area contributed by atoms with Gasteiger partial charge in [-0.15, -0.1) is 0 Å². The Morgan fingerprint density at radius 3 is 2.13 bits per heavy atom. The number of aromatic amines is 1. The van der Waals surface area contributed by atoms with Crippen molar-refractivity contribution in [2.75, 3.05) is 0 Å². The average molecular weight is 380 g/mol. The Bertz CT molecular complexity index is 1920. The molecule has 8 rings (SSSR count). The molecule has 0 aliphatic rings. The molecule has 0 saturated carbocycles. The molecule has 0 saturated heterocycles. The average Bonchev–Trinajstić information content (AvgIpc) is 3.29. The Labute approximate surface area is 171 Å². The van der Waals surface area contributed by atoms with E-state index in [4.69, 9.17) is 0 Å². The SMILES string of the molecule is c1ccc2c(c1)cc1c3ccccc3n3c4cccc5[nH]c6cccc(c6c54)c2c13. The van der Waals surface area contributed by atoms with Gasteiger partial charge in [-0.25, -0.2) is 0 Å². The van der Waals surface area contributed by atoms with Crippen molar-refractivity contribution < 1.29 is 0 Å². The summed E-state index contributed by atoms with van der Waals surface area (Å²) in [7, 11) is 0. The van der Waals surface area contributed by atoms with E-state index < -0.39 is 0 Å². The number of hydrogen-bond donors (Lipinski definition) is 1. The van der Waals surface area contributed by atoms with Crippen LogP contribution in [-0.4, -0.2) is 9.38 Å². The molecule has 3 aromatic heterocycles. The highest BCUT2D eigenvalue weighted by Gasteiger charge is 2.20. The van der Waals surface area contributed by atoms with Gasteiger partial charge >= 0.3 is 0 Å². The molecule has 1 N–H and O–H groups in total. The molecule has 0 aliphatic carbocycles. The van der Waals surface area contributed by atoms with Gasteiger partial charge in [0.1, 0.15) is 0 Å². The summed E-state index contributed by atoms with van der Waals surface area (Å²) < 4.78 is 2.49. The predicted molar refractivity (Wildman–Crippen MR) is 128 cm³/mol. The molecule has 3 heterocycles. The van der Waals surface area contributed by atoms with Gasteiger partial charge in [0.15, 0.2) is 0 Å². The summed E-state index contributed by atoms with van der Waals surface area (Å²) in [6, 6.07) is 33.3. The molecule has 0 amide bonds. The van der Waals surface area contributed by atoms with Crippen LogP contribution < -0.4 is 0 Å². The Kier molecular flexibility index (Phi) is 2.44. The second-order valence-electron chi connectivity index (χ2n) is 8.27. The summed E-state index contributed by atoms with van der Waals surface area (Å²) in [4.78, 5) is 3.67. The van der Waals surface area contributed by atoms with Crippen molar-refractivity contribution in [1.82, 2.24) is 9.38 Å². The third-order valence-electron chi connectivity index (χ3n) is 6.82. The Morgan fingerprint density at radius 2 is 1.20 bits per heavy atom. The molecule has 2 heteroatoms. The molecule has 0 unspecified atom stereocenters. The Hall–Kier alpha value is -4.04. The van der Waals surface area contributed by atoms with Gasteiger partial charge in [0.2, 0.25) is 0 Å². The first-order valence-corrected chi connectivity index (χ1v) is 10.4. The fourth-order valence-electron chi connectivity index (χ4n) is 5.69. The largest absolute Gasteiger partial charge is 0.354 e. The highest BCUT2D eigenvalue weighted by Crippen LogP contribution is 2.44. The lowest BCUT2D eigenvalue weighted by Crippen LogP contribution is -1.85. The maximum Gasteiger partial charge on any atom is 0.0626 e. The second-order valence-corrected chi connectivity index (χ2v) is 8.27. The number of fused-ring (bicyclic) bond motifs is 7. The minimum absolute atomic E-state index is 1.19. The van der Waals surface area contributed by atoms with E-state index in [0.29, 0.717) is 0 Å². The maximum atomic E-state index is 3.67. The van der Waals surface area contributed by atoms with Gasteiger partial charge in [-0.1, -0.05) is 60.7 Å². The summed E-state index contributed by atoms with van der Waals surface area (Å²) in [5.41, 5.74) is 6.22. The Morgan fingerprint density at radius 1 is 0.500 bits per heavy atom. The summed E-state index contributed by atoms with van der Waals surface area (Å²) in [6.07, 6.45) is 0. The summed E-state index contributed by atoms with van der Waals surface area (Å²) >= 11 is 0. The van der Waals surface area contributed by atoms with E-state index in [1.54, 1.807) is 0 Å². The first kappa shape index (κ1) is 14.9. The fourth-order valence-corrected chi connectivity index (χ4v) is 5.69. The highest BCUT2D eigenvalue weighted by atomic mass is 14.9. The number of aromatic nitrogens is 2. The van der Waals surface area contributed by atoms with E-state index in [9.17, 15) is 0 Å². The molecule has 5 aromatic carbocycles. The number of para-hydroxylation sites is 1. The van der Waals surface area contributed by atoms with Crippen LogP contribution in [0.5, 0.6) is 0 Å². The van der Waals surface area contributed by atoms with Gasteiger partial charge in [0.05, 0.1) is 16.6 Å². The first-order valence-electron chi connectivity index (χ1n) is 10.4. The standard InChI is InChI=1S/C28H16N2/c1-2-8-17-16(7-1)15-20-18-9-3-4-13-23(18)30-24-14-6-12-22-27(24)26-19(25(17)28(20)30)10-5-11-21(26)29-22/h1-15,29H. The number of H-pyrrole nitrogens is 1. The van der Waals surface area contributed by atoms with Crippen LogP contribution in [-0.2, 0) is 0 Å². The van der Waals surface area contributed by atoms with Crippen molar-refractivity contribution >= 4 is 70.7 Å². The molecule has 138 valence electrons. The molecule has 0 atom stereocenters. The maximum absolute atomic E-state index is 3.67. The quantitative estimate of drug-likeness (QED) is 0.279. The van der Waals surface area contributed by atoms with Crippen molar-refractivity contribution in [3.63, 3.8) is 0 Å². The monoisotopic (exact) mass is 380 g/mol. The number of hydrogen-bond acceptors (Lipinski definition) is 0. The van der Waals surface area contributed by atoms with Gasteiger partial charge in [-0.05, 0) is 46.5 Å². The van der Waals surface area contributed by atoms with Crippen LogP contribution in [0.1, 0.15) is 0 Å². The topological polar surface area (TPSA) is 20.2 Å². The minimum atomic E-state index is 1.19. The minimum Gasteiger partial charge on any atom is -0.354 e. The summed E-state index contributed by atoms with van der Waals surface area (Å²) in [5, 5.41) is 10.5. The van der Waals surface area contributed by atoms with Crippen LogP contribution in [0.15, 0.2) is 91.0 Å². The molecule has 0 fully saturated rings. The normalized spacial score (nSPS) is 12.7. The van der Waals surface area contributed by atoms with Gasteiger partial charge in [-0.3, -0.25) is 0 Å². The van der Waals surface area contributed by atoms with Crippen molar-refractivity contribution in [3.05, 3.63) is 91.0 Å². The molecule has 2 nitrogen and oxygen atoms in total. The van der Waals surface area contributed by atoms with Crippen LogP contribution in [0, 0.1) is 0 Å². The van der Waals surface area contributed by atoms with E-state index in [0.717, 1.165) is 0 Å². The van der Waals surface area contributed by atoms with Gasteiger partial charge in [0.25, 0.3) is 0 Å². The molecule has 30 heavy (non-hydrogen) atoms. The van der Waals surface area contributed by atoms with Gasteiger partial charge in [0, 0.05) is 38.0 Å². The van der Waals surface area contributed by atoms with Gasteiger partial charge < -0.3 is 9.38 Å². The number of nitrogens with one attached hydrogen (secondary N) is 1. The lowest BCUT2D eigenvalue weighted by molar-refractivity contribution is 1.36. The van der Waals surface area contributed by atoms with E-state index in [1.165, 1.54) is 70.7 Å². The molecule has 0 spiro atoms. The third-order valence-corrected chi connectivity index (χ3v) is 6.82. The fraction of sp³-hybridized carbons (Fsp3) is 0. The molecular formula is C28H16N2. The molecule has 0 aliphatic heterocycles. The zero-order chi connectivity index (χ0) is 19.4. The predicted octanol–water partition coefficient (Wildman–Crippen LogP) is 7.62. The van der Waals surface area contributed by atoms with Crippen molar-refractivity contribution in [3.8, 4) is 0 Å². The van der Waals surface area contributed by atoms with Crippen LogP contribution in [0.25, 0.3) is 70.7 Å². The van der Waals surface area contributed by atoms with E-state index >= 15 is 0 Å². The summed E-state index contributed by atoms with van der Waals surface area (Å²) in [5.74, 6) is 0. The van der Waals surface area contributed by atoms with Crippen LogP contribution in [0.4, 0.5) is 0 Å². The molecule has 0 radical (unpaired) electrons. The zero-order valence-electron chi connectivity index (χ0n) is 16.1. The third kappa shape index (κ3) is 1.56. The first-order chi connectivity index (χ1) is 14.9. The van der Waals surface area contributed by atoms with Crippen molar-refractivity contribution in [2.24, 2.45) is 0 Å². The van der Waals surface area contributed by atoms with E-state index in [1.807, 2.05) is 0 Å². The lowest BCUT2D eigenvalue weighted by Gasteiger charge is -2.06. The highest BCUT2D eigenvalue weighted by molar-refractivity contribution is 6.35. The van der Waals surface area contributed by atoms with Crippen LogP contribution in [0.3, 0.4) is 0 Å². The van der Waals surface area contributed by atoms with Crippen molar-refractivity contribution in [1.29, 1.82) is 0 Å². The number of rotatable bonds is 0. The van der Waals surface area contributed by atoms with E-state index in [2.05, 4.69) is 100 Å². The molecular weight excluding hydrogens is 364 g/mol. The summed E-state index contributed by atoms with van der Waals surface area (Å²) in [6.45, 7) is 0. The smallest absolute Gasteiger partial charge is 0.0626 e. The van der Waals surface area contributed by atoms with Gasteiger partial charge in [-0.2, -0.15) is 0 Å². The van der Waals surface area contributed by atoms with E-state index in [-0.39, 0.29) is 0 Å². The van der Waals surface area contributed by atoms with Crippen LogP contribution in [0.2, 0.25) is 0 Å². The molecule has 0 bridgehead atoms. The lowest BCUT2D eigenvalue weighted by atomic mass is 9.98. The Balaban J connectivity index is 1.96. The van der Waals surface area contributed by atoms with Crippen molar-refractivity contribution in [2.45, 2.75) is 0 Å². The molecule has 8 aromatic rings. The number of benzene rings is 5. The zero-order valence-corrected chi connectivity index (χ0v) is 16.1. The number of nitrogens with zero attached hydrogens (tertiary/aromatic N) is 1.